The van der Waals surface area contributed by atoms with Gasteiger partial charge in [0.2, 0.25) is 0 Å². The molecule has 104 valence electrons. The zero-order valence-electron chi connectivity index (χ0n) is 11.1. The second kappa shape index (κ2) is 5.89. The van der Waals surface area contributed by atoms with Crippen LogP contribution in [0.3, 0.4) is 0 Å². The van der Waals surface area contributed by atoms with Crippen LogP contribution in [0.1, 0.15) is 10.4 Å². The Hall–Kier alpha value is -1.20. The SMILES string of the molecule is c1csc(Cc2cc(-c3cccs3)sc2-c2cccs2)c1. The Morgan fingerprint density at radius 1 is 0.714 bits per heavy atom. The average Bonchev–Trinajstić information content (AvgIpc) is 3.28. The van der Waals surface area contributed by atoms with E-state index < -0.39 is 0 Å². The van der Waals surface area contributed by atoms with E-state index in [-0.39, 0.29) is 0 Å². The van der Waals surface area contributed by atoms with Crippen molar-refractivity contribution in [2.75, 3.05) is 0 Å². The van der Waals surface area contributed by atoms with Gasteiger partial charge in [0.15, 0.2) is 0 Å². The van der Waals surface area contributed by atoms with Crippen LogP contribution in [-0.4, -0.2) is 0 Å². The Labute approximate surface area is 140 Å². The number of hydrogen-bond acceptors (Lipinski definition) is 4. The molecule has 0 bridgehead atoms. The zero-order chi connectivity index (χ0) is 14.1. The molecule has 0 atom stereocenters. The van der Waals surface area contributed by atoms with Gasteiger partial charge in [0.1, 0.15) is 0 Å². The number of thiophene rings is 4. The van der Waals surface area contributed by atoms with Gasteiger partial charge in [0.05, 0.1) is 0 Å². The van der Waals surface area contributed by atoms with E-state index in [9.17, 15) is 0 Å². The van der Waals surface area contributed by atoms with E-state index in [1.54, 1.807) is 0 Å². The fourth-order valence-corrected chi connectivity index (χ4v) is 5.94. The van der Waals surface area contributed by atoms with Gasteiger partial charge in [0.25, 0.3) is 0 Å². The zero-order valence-corrected chi connectivity index (χ0v) is 14.4. The van der Waals surface area contributed by atoms with E-state index in [1.807, 2.05) is 45.3 Å². The molecule has 0 unspecified atom stereocenters. The minimum absolute atomic E-state index is 1.03. The fraction of sp³-hybridized carbons (Fsp3) is 0.0588. The molecule has 21 heavy (non-hydrogen) atoms. The average molecular weight is 345 g/mol. The lowest BCUT2D eigenvalue weighted by molar-refractivity contribution is 1.27. The highest BCUT2D eigenvalue weighted by molar-refractivity contribution is 7.26. The summed E-state index contributed by atoms with van der Waals surface area (Å²) < 4.78 is 0. The van der Waals surface area contributed by atoms with Gasteiger partial charge in [0, 0.05) is 30.8 Å². The molecule has 4 aromatic heterocycles. The van der Waals surface area contributed by atoms with Gasteiger partial charge in [-0.05, 0) is 46.0 Å². The first-order valence-corrected chi connectivity index (χ1v) is 10.1. The summed E-state index contributed by atoms with van der Waals surface area (Å²) in [5.74, 6) is 0. The van der Waals surface area contributed by atoms with Crippen LogP contribution < -0.4 is 0 Å². The van der Waals surface area contributed by atoms with E-state index in [2.05, 4.69) is 58.6 Å². The van der Waals surface area contributed by atoms with Crippen molar-refractivity contribution in [2.24, 2.45) is 0 Å². The first-order valence-electron chi connectivity index (χ1n) is 6.63. The Kier molecular flexibility index (Phi) is 3.78. The molecule has 0 saturated carbocycles. The summed E-state index contributed by atoms with van der Waals surface area (Å²) in [5, 5.41) is 6.47. The van der Waals surface area contributed by atoms with Crippen LogP contribution in [0.4, 0.5) is 0 Å². The quantitative estimate of drug-likeness (QED) is 0.379. The highest BCUT2D eigenvalue weighted by Gasteiger charge is 2.14. The number of hydrogen-bond donors (Lipinski definition) is 0. The van der Waals surface area contributed by atoms with Gasteiger partial charge < -0.3 is 0 Å². The fourth-order valence-electron chi connectivity index (χ4n) is 2.32. The molecule has 0 spiro atoms. The lowest BCUT2D eigenvalue weighted by atomic mass is 10.1. The second-order valence-electron chi connectivity index (χ2n) is 4.68. The van der Waals surface area contributed by atoms with Gasteiger partial charge >= 0.3 is 0 Å². The Balaban J connectivity index is 1.79. The predicted molar refractivity (Wildman–Crippen MR) is 98.1 cm³/mol. The van der Waals surface area contributed by atoms with Gasteiger partial charge in [-0.1, -0.05) is 18.2 Å². The van der Waals surface area contributed by atoms with E-state index in [0.717, 1.165) is 6.42 Å². The summed E-state index contributed by atoms with van der Waals surface area (Å²) >= 11 is 7.41. The molecule has 0 nitrogen and oxygen atoms in total. The molecule has 0 amide bonds. The van der Waals surface area contributed by atoms with Crippen molar-refractivity contribution >= 4 is 45.3 Å². The molecule has 0 fully saturated rings. The normalized spacial score (nSPS) is 11.0. The Bertz CT molecular complexity index is 803. The van der Waals surface area contributed by atoms with E-state index >= 15 is 0 Å². The predicted octanol–water partition coefficient (Wildman–Crippen LogP) is 6.86. The molecular formula is C17H12S4. The van der Waals surface area contributed by atoms with Crippen LogP contribution in [0.5, 0.6) is 0 Å². The highest BCUT2D eigenvalue weighted by atomic mass is 32.1. The van der Waals surface area contributed by atoms with Crippen molar-refractivity contribution < 1.29 is 0 Å². The highest BCUT2D eigenvalue weighted by Crippen LogP contribution is 2.42. The summed E-state index contributed by atoms with van der Waals surface area (Å²) in [6.07, 6.45) is 1.03. The summed E-state index contributed by atoms with van der Waals surface area (Å²) in [7, 11) is 0. The first-order chi connectivity index (χ1) is 10.4. The third-order valence-electron chi connectivity index (χ3n) is 3.26. The molecule has 4 heterocycles. The minimum atomic E-state index is 1.03. The Morgan fingerprint density at radius 2 is 1.43 bits per heavy atom. The van der Waals surface area contributed by atoms with Gasteiger partial charge in [-0.15, -0.1) is 45.3 Å². The molecule has 0 N–H and O–H groups in total. The number of rotatable bonds is 4. The maximum atomic E-state index is 2.38. The van der Waals surface area contributed by atoms with Crippen molar-refractivity contribution in [3.63, 3.8) is 0 Å². The van der Waals surface area contributed by atoms with E-state index in [4.69, 9.17) is 0 Å². The van der Waals surface area contributed by atoms with E-state index in [0.29, 0.717) is 0 Å². The van der Waals surface area contributed by atoms with Crippen molar-refractivity contribution in [3.8, 4) is 19.5 Å². The van der Waals surface area contributed by atoms with Crippen LogP contribution in [0.2, 0.25) is 0 Å². The van der Waals surface area contributed by atoms with Crippen LogP contribution in [0.15, 0.2) is 58.6 Å². The minimum Gasteiger partial charge on any atom is -0.149 e. The Morgan fingerprint density at radius 3 is 2.10 bits per heavy atom. The van der Waals surface area contributed by atoms with Gasteiger partial charge in [-0.2, -0.15) is 0 Å². The summed E-state index contributed by atoms with van der Waals surface area (Å²) in [6, 6.07) is 15.5. The lowest BCUT2D eigenvalue weighted by Gasteiger charge is -1.99. The van der Waals surface area contributed by atoms with Crippen molar-refractivity contribution in [1.82, 2.24) is 0 Å². The summed E-state index contributed by atoms with van der Waals surface area (Å²) in [5.41, 5.74) is 1.45. The van der Waals surface area contributed by atoms with Crippen molar-refractivity contribution in [1.29, 1.82) is 0 Å². The van der Waals surface area contributed by atoms with Crippen LogP contribution in [-0.2, 0) is 6.42 Å². The molecule has 4 heteroatoms. The van der Waals surface area contributed by atoms with Crippen LogP contribution >= 0.6 is 45.3 Å². The smallest absolute Gasteiger partial charge is 0.0485 e. The first kappa shape index (κ1) is 13.5. The van der Waals surface area contributed by atoms with Gasteiger partial charge in [-0.3, -0.25) is 0 Å². The second-order valence-corrected chi connectivity index (χ2v) is 8.66. The largest absolute Gasteiger partial charge is 0.149 e. The third-order valence-corrected chi connectivity index (χ3v) is 7.43. The summed E-state index contributed by atoms with van der Waals surface area (Å²) in [6.45, 7) is 0. The molecule has 4 aromatic rings. The van der Waals surface area contributed by atoms with Crippen LogP contribution in [0.25, 0.3) is 19.5 Å². The molecule has 0 aliphatic rings. The summed E-state index contributed by atoms with van der Waals surface area (Å²) in [4.78, 5) is 7.01. The molecular weight excluding hydrogens is 332 g/mol. The molecule has 0 radical (unpaired) electrons. The van der Waals surface area contributed by atoms with E-state index in [1.165, 1.54) is 29.9 Å². The van der Waals surface area contributed by atoms with Gasteiger partial charge in [-0.25, -0.2) is 0 Å². The third kappa shape index (κ3) is 2.77. The van der Waals surface area contributed by atoms with Crippen molar-refractivity contribution in [2.45, 2.75) is 6.42 Å². The maximum absolute atomic E-state index is 2.38. The molecule has 0 saturated heterocycles. The molecule has 4 rings (SSSR count). The molecule has 0 aliphatic carbocycles. The van der Waals surface area contributed by atoms with Crippen molar-refractivity contribution in [3.05, 3.63) is 69.0 Å². The topological polar surface area (TPSA) is 0 Å². The maximum Gasteiger partial charge on any atom is 0.0485 e. The lowest BCUT2D eigenvalue weighted by Crippen LogP contribution is -1.83. The standard InChI is InChI=1S/C17H12S4/c1-4-13(18-7-1)10-12-11-16(14-5-2-8-19-14)21-17(12)15-6-3-9-20-15/h1-9,11H,10H2. The molecule has 0 aromatic carbocycles. The van der Waals surface area contributed by atoms with Crippen LogP contribution in [0, 0.1) is 0 Å². The molecule has 0 aliphatic heterocycles. The monoisotopic (exact) mass is 344 g/mol.